The smallest absolute Gasteiger partial charge is 0.408 e. The van der Waals surface area contributed by atoms with Crippen LogP contribution in [0.1, 0.15) is 33.6 Å². The maximum Gasteiger partial charge on any atom is 0.408 e. The Hall–Kier alpha value is -1.14. The molecule has 20 heavy (non-hydrogen) atoms. The highest BCUT2D eigenvalue weighted by atomic mass is 16.6. The van der Waals surface area contributed by atoms with E-state index in [2.05, 4.69) is 10.2 Å². The molecular weight excluding hydrogens is 260 g/mol. The zero-order valence-corrected chi connectivity index (χ0v) is 12.7. The van der Waals surface area contributed by atoms with Gasteiger partial charge in [-0.05, 0) is 33.7 Å². The fraction of sp³-hybridized carbons (Fsp3) is 0.857. The van der Waals surface area contributed by atoms with Crippen molar-refractivity contribution in [1.29, 1.82) is 0 Å². The van der Waals surface area contributed by atoms with E-state index in [0.29, 0.717) is 6.42 Å². The number of carbonyl (C=O) groups is 2. The Labute approximate surface area is 120 Å². The van der Waals surface area contributed by atoms with Crippen LogP contribution < -0.4 is 5.32 Å². The Morgan fingerprint density at radius 2 is 1.90 bits per heavy atom. The van der Waals surface area contributed by atoms with E-state index in [1.807, 2.05) is 0 Å². The molecule has 0 aliphatic carbocycles. The molecule has 1 heterocycles. The monoisotopic (exact) mass is 286 g/mol. The third kappa shape index (κ3) is 8.12. The molecule has 1 aliphatic heterocycles. The van der Waals surface area contributed by atoms with Crippen molar-refractivity contribution in [2.75, 3.05) is 39.4 Å². The topological polar surface area (TPSA) is 67.9 Å². The molecule has 0 bridgehead atoms. The molecule has 0 aromatic rings. The summed E-state index contributed by atoms with van der Waals surface area (Å²) in [6.45, 7) is 9.72. The normalized spacial score (nSPS) is 16.8. The largest absolute Gasteiger partial charge is 0.444 e. The second kappa shape index (κ2) is 8.21. The van der Waals surface area contributed by atoms with E-state index in [-0.39, 0.29) is 12.3 Å². The van der Waals surface area contributed by atoms with Crippen molar-refractivity contribution in [2.45, 2.75) is 39.2 Å². The highest BCUT2D eigenvalue weighted by Gasteiger charge is 2.16. The van der Waals surface area contributed by atoms with Crippen molar-refractivity contribution in [1.82, 2.24) is 10.2 Å². The Kier molecular flexibility index (Phi) is 6.95. The van der Waals surface area contributed by atoms with Gasteiger partial charge in [0.1, 0.15) is 5.60 Å². The fourth-order valence-electron chi connectivity index (χ4n) is 1.90. The molecule has 1 saturated heterocycles. The summed E-state index contributed by atoms with van der Waals surface area (Å²) >= 11 is 0. The molecule has 0 aromatic carbocycles. The lowest BCUT2D eigenvalue weighted by molar-refractivity contribution is -0.118. The molecule has 1 aliphatic rings. The predicted molar refractivity (Wildman–Crippen MR) is 75.7 cm³/mol. The number of carbonyl (C=O) groups excluding carboxylic acids is 2. The average molecular weight is 286 g/mol. The number of nitrogens with zero attached hydrogens (tertiary/aromatic N) is 1. The van der Waals surface area contributed by atoms with Gasteiger partial charge in [-0.1, -0.05) is 0 Å². The van der Waals surface area contributed by atoms with E-state index in [1.165, 1.54) is 0 Å². The van der Waals surface area contributed by atoms with Crippen molar-refractivity contribution in [3.8, 4) is 0 Å². The fourth-order valence-corrected chi connectivity index (χ4v) is 1.90. The molecule has 1 rings (SSSR count). The summed E-state index contributed by atoms with van der Waals surface area (Å²) in [7, 11) is 0. The lowest BCUT2D eigenvalue weighted by atomic mass is 10.2. The number of Topliss-reactive ketones (excluding diaryl/α,β-unsaturated/α-hetero) is 1. The van der Waals surface area contributed by atoms with E-state index in [0.717, 1.165) is 39.3 Å². The SMILES string of the molecule is CC(C)(C)OC(=O)NCC(=O)CCCN1CCOCC1. The lowest BCUT2D eigenvalue weighted by Crippen LogP contribution is -2.37. The summed E-state index contributed by atoms with van der Waals surface area (Å²) in [4.78, 5) is 25.3. The van der Waals surface area contributed by atoms with Crippen LogP contribution in [0.25, 0.3) is 0 Å². The van der Waals surface area contributed by atoms with Crippen LogP contribution in [-0.2, 0) is 14.3 Å². The van der Waals surface area contributed by atoms with Gasteiger partial charge in [-0.25, -0.2) is 4.79 Å². The second-order valence-corrected chi connectivity index (χ2v) is 5.95. The van der Waals surface area contributed by atoms with Crippen LogP contribution in [0.4, 0.5) is 4.79 Å². The van der Waals surface area contributed by atoms with Crippen LogP contribution in [0.15, 0.2) is 0 Å². The van der Waals surface area contributed by atoms with Gasteiger partial charge < -0.3 is 14.8 Å². The van der Waals surface area contributed by atoms with Crippen molar-refractivity contribution < 1.29 is 19.1 Å². The third-order valence-electron chi connectivity index (χ3n) is 2.86. The molecule has 0 saturated carbocycles. The number of amides is 1. The van der Waals surface area contributed by atoms with Crippen LogP contribution in [0.5, 0.6) is 0 Å². The maximum atomic E-state index is 11.6. The minimum absolute atomic E-state index is 0.0316. The molecular formula is C14H26N2O4. The minimum atomic E-state index is -0.543. The summed E-state index contributed by atoms with van der Waals surface area (Å²) in [5.41, 5.74) is -0.538. The molecule has 6 heteroatoms. The average Bonchev–Trinajstić information content (AvgIpc) is 2.36. The van der Waals surface area contributed by atoms with Gasteiger partial charge in [-0.3, -0.25) is 9.69 Å². The minimum Gasteiger partial charge on any atom is -0.444 e. The molecule has 0 radical (unpaired) electrons. The van der Waals surface area contributed by atoms with Gasteiger partial charge in [0.25, 0.3) is 0 Å². The Balaban J connectivity index is 2.06. The summed E-state index contributed by atoms with van der Waals surface area (Å²) in [5.74, 6) is 0.0316. The Morgan fingerprint density at radius 3 is 2.50 bits per heavy atom. The maximum absolute atomic E-state index is 11.6. The van der Waals surface area contributed by atoms with Crippen LogP contribution in [0, 0.1) is 0 Å². The zero-order valence-electron chi connectivity index (χ0n) is 12.7. The zero-order chi connectivity index (χ0) is 15.0. The van der Waals surface area contributed by atoms with Gasteiger partial charge in [0, 0.05) is 19.5 Å². The quantitative estimate of drug-likeness (QED) is 0.794. The van der Waals surface area contributed by atoms with Crippen molar-refractivity contribution in [2.24, 2.45) is 0 Å². The molecule has 0 atom stereocenters. The molecule has 6 nitrogen and oxygen atoms in total. The third-order valence-corrected chi connectivity index (χ3v) is 2.86. The summed E-state index contributed by atoms with van der Waals surface area (Å²) in [6, 6.07) is 0. The number of hydrogen-bond acceptors (Lipinski definition) is 5. The number of ether oxygens (including phenoxy) is 2. The predicted octanol–water partition coefficient (Wildman–Crippen LogP) is 1.19. The molecule has 116 valence electrons. The van der Waals surface area contributed by atoms with E-state index in [4.69, 9.17) is 9.47 Å². The first kappa shape index (κ1) is 16.9. The number of ketones is 1. The Morgan fingerprint density at radius 1 is 1.25 bits per heavy atom. The van der Waals surface area contributed by atoms with Crippen molar-refractivity contribution in [3.63, 3.8) is 0 Å². The molecule has 1 amide bonds. The van der Waals surface area contributed by atoms with Gasteiger partial charge in [0.15, 0.2) is 5.78 Å². The van der Waals surface area contributed by atoms with Crippen molar-refractivity contribution in [3.05, 3.63) is 0 Å². The first-order chi connectivity index (χ1) is 9.37. The second-order valence-electron chi connectivity index (χ2n) is 5.95. The van der Waals surface area contributed by atoms with Crippen molar-refractivity contribution >= 4 is 11.9 Å². The molecule has 1 fully saturated rings. The van der Waals surface area contributed by atoms with Crippen LogP contribution in [0.2, 0.25) is 0 Å². The van der Waals surface area contributed by atoms with Gasteiger partial charge in [0.2, 0.25) is 0 Å². The van der Waals surface area contributed by atoms with Crippen LogP contribution >= 0.6 is 0 Å². The highest BCUT2D eigenvalue weighted by Crippen LogP contribution is 2.06. The Bertz CT molecular complexity index is 320. The van der Waals surface area contributed by atoms with Crippen LogP contribution in [-0.4, -0.2) is 61.8 Å². The van der Waals surface area contributed by atoms with Gasteiger partial charge >= 0.3 is 6.09 Å². The first-order valence-corrected chi connectivity index (χ1v) is 7.15. The molecule has 0 aromatic heterocycles. The number of hydrogen-bond donors (Lipinski definition) is 1. The molecule has 0 spiro atoms. The summed E-state index contributed by atoms with van der Waals surface area (Å²) < 4.78 is 10.3. The standard InChI is InChI=1S/C14H26N2O4/c1-14(2,3)20-13(18)15-11-12(17)5-4-6-16-7-9-19-10-8-16/h4-11H2,1-3H3,(H,15,18). The van der Waals surface area contributed by atoms with E-state index >= 15 is 0 Å². The summed E-state index contributed by atoms with van der Waals surface area (Å²) in [6.07, 6.45) is 0.751. The van der Waals surface area contributed by atoms with Gasteiger partial charge in [0.05, 0.1) is 19.8 Å². The first-order valence-electron chi connectivity index (χ1n) is 7.15. The summed E-state index contributed by atoms with van der Waals surface area (Å²) in [5, 5.41) is 2.48. The van der Waals surface area contributed by atoms with Gasteiger partial charge in [-0.2, -0.15) is 0 Å². The highest BCUT2D eigenvalue weighted by molar-refractivity contribution is 5.83. The number of alkyl carbamates (subject to hydrolysis) is 1. The van der Waals surface area contributed by atoms with Crippen LogP contribution in [0.3, 0.4) is 0 Å². The van der Waals surface area contributed by atoms with Gasteiger partial charge in [-0.15, -0.1) is 0 Å². The number of morpholine rings is 1. The number of rotatable bonds is 6. The van der Waals surface area contributed by atoms with E-state index in [9.17, 15) is 9.59 Å². The van der Waals surface area contributed by atoms with E-state index in [1.54, 1.807) is 20.8 Å². The lowest BCUT2D eigenvalue weighted by Gasteiger charge is -2.26. The van der Waals surface area contributed by atoms with E-state index < -0.39 is 11.7 Å². The molecule has 1 N–H and O–H groups in total. The number of nitrogens with one attached hydrogen (secondary N) is 1. The molecule has 0 unspecified atom stereocenters.